The van der Waals surface area contributed by atoms with E-state index in [1.54, 1.807) is 0 Å². The number of hydrogen-bond acceptors (Lipinski definition) is 3. The summed E-state index contributed by atoms with van der Waals surface area (Å²) in [6.07, 6.45) is 4.48. The second-order valence-corrected chi connectivity index (χ2v) is 4.96. The van der Waals surface area contributed by atoms with E-state index in [9.17, 15) is 0 Å². The summed E-state index contributed by atoms with van der Waals surface area (Å²) in [5.74, 6) is 0.621. The average Bonchev–Trinajstić information content (AvgIpc) is 2.66. The van der Waals surface area contributed by atoms with Crippen LogP contribution in [0.4, 0.5) is 5.82 Å². The lowest BCUT2D eigenvalue weighted by molar-refractivity contribution is 0.205. The maximum Gasteiger partial charge on any atom is 0.123 e. The highest BCUT2D eigenvalue weighted by Gasteiger charge is 2.28. The van der Waals surface area contributed by atoms with Crippen molar-refractivity contribution >= 4 is 5.82 Å². The summed E-state index contributed by atoms with van der Waals surface area (Å²) in [4.78, 5) is 6.79. The standard InChI is InChI=1S/C13H21N3/c1-9(2)16-6-4-5-12(16)11-8-15-13(14)7-10(11)3/h7-9,12H,4-6H2,1-3H3,(H2,14,15)/t12-/m0/s1. The molecule has 1 aliphatic heterocycles. The summed E-state index contributed by atoms with van der Waals surface area (Å²) in [7, 11) is 0. The van der Waals surface area contributed by atoms with Gasteiger partial charge in [0.15, 0.2) is 0 Å². The minimum atomic E-state index is 0.535. The zero-order valence-corrected chi connectivity index (χ0v) is 10.4. The van der Waals surface area contributed by atoms with Crippen LogP contribution in [0.3, 0.4) is 0 Å². The van der Waals surface area contributed by atoms with Crippen LogP contribution in [0.15, 0.2) is 12.3 Å². The van der Waals surface area contributed by atoms with Crippen molar-refractivity contribution in [3.05, 3.63) is 23.4 Å². The molecule has 0 bridgehead atoms. The number of aromatic nitrogens is 1. The molecule has 0 amide bonds. The fourth-order valence-corrected chi connectivity index (χ4v) is 2.68. The van der Waals surface area contributed by atoms with Gasteiger partial charge in [0.25, 0.3) is 0 Å². The van der Waals surface area contributed by atoms with Crippen LogP contribution in [0, 0.1) is 6.92 Å². The Bertz CT molecular complexity index is 373. The molecule has 16 heavy (non-hydrogen) atoms. The van der Waals surface area contributed by atoms with Crippen LogP contribution in [0.1, 0.15) is 43.9 Å². The SMILES string of the molecule is Cc1cc(N)ncc1[C@@H]1CCCN1C(C)C. The van der Waals surface area contributed by atoms with Gasteiger partial charge in [-0.1, -0.05) is 0 Å². The summed E-state index contributed by atoms with van der Waals surface area (Å²) in [6.45, 7) is 7.85. The van der Waals surface area contributed by atoms with Crippen LogP contribution in [0.2, 0.25) is 0 Å². The first-order chi connectivity index (χ1) is 7.59. The van der Waals surface area contributed by atoms with Crippen LogP contribution in [-0.4, -0.2) is 22.5 Å². The molecule has 3 heteroatoms. The lowest BCUT2D eigenvalue weighted by Crippen LogP contribution is -2.30. The number of hydrogen-bond donors (Lipinski definition) is 1. The molecule has 0 unspecified atom stereocenters. The van der Waals surface area contributed by atoms with Crippen molar-refractivity contribution in [1.29, 1.82) is 0 Å². The van der Waals surface area contributed by atoms with E-state index in [0.717, 1.165) is 0 Å². The van der Waals surface area contributed by atoms with E-state index in [4.69, 9.17) is 5.73 Å². The van der Waals surface area contributed by atoms with E-state index in [0.29, 0.717) is 17.9 Å². The second kappa shape index (κ2) is 4.42. The van der Waals surface area contributed by atoms with E-state index in [1.807, 2.05) is 12.3 Å². The number of nitrogens with zero attached hydrogens (tertiary/aromatic N) is 2. The fourth-order valence-electron chi connectivity index (χ4n) is 2.68. The molecule has 2 rings (SSSR count). The Morgan fingerprint density at radius 2 is 2.25 bits per heavy atom. The van der Waals surface area contributed by atoms with Crippen LogP contribution >= 0.6 is 0 Å². The maximum atomic E-state index is 5.70. The molecule has 3 nitrogen and oxygen atoms in total. The fraction of sp³-hybridized carbons (Fsp3) is 0.615. The molecule has 2 N–H and O–H groups in total. The molecule has 1 atom stereocenters. The first-order valence-electron chi connectivity index (χ1n) is 6.07. The molecule has 0 aliphatic carbocycles. The maximum absolute atomic E-state index is 5.70. The largest absolute Gasteiger partial charge is 0.384 e. The quantitative estimate of drug-likeness (QED) is 0.831. The molecule has 1 aromatic heterocycles. The number of nitrogens with two attached hydrogens (primary N) is 1. The third kappa shape index (κ3) is 2.05. The Kier molecular flexibility index (Phi) is 3.15. The topological polar surface area (TPSA) is 42.1 Å². The van der Waals surface area contributed by atoms with Crippen molar-refractivity contribution in [2.45, 2.75) is 45.7 Å². The van der Waals surface area contributed by atoms with E-state index in [-0.39, 0.29) is 0 Å². The number of aryl methyl sites for hydroxylation is 1. The van der Waals surface area contributed by atoms with Gasteiger partial charge in [0, 0.05) is 18.3 Å². The molecular formula is C13H21N3. The van der Waals surface area contributed by atoms with Crippen molar-refractivity contribution in [3.63, 3.8) is 0 Å². The Labute approximate surface area is 97.7 Å². The molecule has 88 valence electrons. The van der Waals surface area contributed by atoms with Gasteiger partial charge >= 0.3 is 0 Å². The van der Waals surface area contributed by atoms with E-state index in [2.05, 4.69) is 30.7 Å². The van der Waals surface area contributed by atoms with Gasteiger partial charge in [-0.3, -0.25) is 4.90 Å². The van der Waals surface area contributed by atoms with Crippen molar-refractivity contribution in [2.24, 2.45) is 0 Å². The molecule has 0 saturated carbocycles. The lowest BCUT2D eigenvalue weighted by atomic mass is 10.0. The predicted octanol–water partition coefficient (Wildman–Crippen LogP) is 2.52. The molecule has 1 saturated heterocycles. The molecule has 0 spiro atoms. The number of pyridine rings is 1. The van der Waals surface area contributed by atoms with Crippen LogP contribution < -0.4 is 5.73 Å². The van der Waals surface area contributed by atoms with E-state index < -0.39 is 0 Å². The second-order valence-electron chi connectivity index (χ2n) is 4.96. The summed E-state index contributed by atoms with van der Waals surface area (Å²) >= 11 is 0. The van der Waals surface area contributed by atoms with Crippen LogP contribution in [0.25, 0.3) is 0 Å². The van der Waals surface area contributed by atoms with Gasteiger partial charge in [0.2, 0.25) is 0 Å². The van der Waals surface area contributed by atoms with Gasteiger partial charge in [0.05, 0.1) is 0 Å². The van der Waals surface area contributed by atoms with Gasteiger partial charge in [-0.05, 0) is 57.4 Å². The van der Waals surface area contributed by atoms with Gasteiger partial charge < -0.3 is 5.73 Å². The summed E-state index contributed by atoms with van der Waals surface area (Å²) in [5, 5.41) is 0. The number of rotatable bonds is 2. The van der Waals surface area contributed by atoms with Gasteiger partial charge in [-0.25, -0.2) is 4.98 Å². The number of likely N-dealkylation sites (tertiary alicyclic amines) is 1. The lowest BCUT2D eigenvalue weighted by Gasteiger charge is -2.29. The Hall–Kier alpha value is -1.09. The van der Waals surface area contributed by atoms with Crippen LogP contribution in [-0.2, 0) is 0 Å². The first kappa shape index (κ1) is 11.4. The smallest absolute Gasteiger partial charge is 0.123 e. The highest BCUT2D eigenvalue weighted by Crippen LogP contribution is 2.34. The average molecular weight is 219 g/mol. The summed E-state index contributed by atoms with van der Waals surface area (Å²) in [6, 6.07) is 3.11. The van der Waals surface area contributed by atoms with E-state index in [1.165, 1.54) is 30.5 Å². The number of nitrogen functional groups attached to an aromatic ring is 1. The highest BCUT2D eigenvalue weighted by atomic mass is 15.2. The highest BCUT2D eigenvalue weighted by molar-refractivity contribution is 5.38. The Morgan fingerprint density at radius 1 is 1.50 bits per heavy atom. The Morgan fingerprint density at radius 3 is 2.88 bits per heavy atom. The predicted molar refractivity (Wildman–Crippen MR) is 67.2 cm³/mol. The van der Waals surface area contributed by atoms with Crippen molar-refractivity contribution < 1.29 is 0 Å². The van der Waals surface area contributed by atoms with Crippen molar-refractivity contribution in [3.8, 4) is 0 Å². The van der Waals surface area contributed by atoms with Gasteiger partial charge in [0.1, 0.15) is 5.82 Å². The third-order valence-corrected chi connectivity index (χ3v) is 3.49. The minimum Gasteiger partial charge on any atom is -0.384 e. The Balaban J connectivity index is 2.29. The zero-order valence-electron chi connectivity index (χ0n) is 10.4. The minimum absolute atomic E-state index is 0.535. The normalized spacial score (nSPS) is 21.9. The molecule has 1 aliphatic rings. The third-order valence-electron chi connectivity index (χ3n) is 3.49. The monoisotopic (exact) mass is 219 g/mol. The molecule has 0 radical (unpaired) electrons. The zero-order chi connectivity index (χ0) is 11.7. The van der Waals surface area contributed by atoms with Gasteiger partial charge in [-0.2, -0.15) is 0 Å². The molecule has 1 fully saturated rings. The molecule has 2 heterocycles. The summed E-state index contributed by atoms with van der Waals surface area (Å²) in [5.41, 5.74) is 8.31. The first-order valence-corrected chi connectivity index (χ1v) is 6.07. The molecule has 0 aromatic carbocycles. The number of anilines is 1. The van der Waals surface area contributed by atoms with Gasteiger partial charge in [-0.15, -0.1) is 0 Å². The van der Waals surface area contributed by atoms with Crippen molar-refractivity contribution in [1.82, 2.24) is 9.88 Å². The van der Waals surface area contributed by atoms with Crippen LogP contribution in [0.5, 0.6) is 0 Å². The molecular weight excluding hydrogens is 198 g/mol. The van der Waals surface area contributed by atoms with Crippen molar-refractivity contribution in [2.75, 3.05) is 12.3 Å². The summed E-state index contributed by atoms with van der Waals surface area (Å²) < 4.78 is 0. The van der Waals surface area contributed by atoms with E-state index >= 15 is 0 Å². The molecule has 1 aromatic rings.